The normalized spacial score (nSPS) is 19.9. The SMILES string of the molecule is CC(CC1Cc2ccc(C(F)(F)F)cc2N1C)C(=O)O. The van der Waals surface area contributed by atoms with Crippen LogP contribution >= 0.6 is 0 Å². The van der Waals surface area contributed by atoms with Crippen LogP contribution in [-0.2, 0) is 17.4 Å². The molecule has 110 valence electrons. The molecule has 1 N–H and O–H groups in total. The second kappa shape index (κ2) is 5.00. The van der Waals surface area contributed by atoms with Gasteiger partial charge in [-0.05, 0) is 30.5 Å². The Hall–Kier alpha value is -1.72. The van der Waals surface area contributed by atoms with E-state index >= 15 is 0 Å². The highest BCUT2D eigenvalue weighted by Crippen LogP contribution is 2.38. The molecule has 6 heteroatoms. The molecule has 1 aliphatic rings. The van der Waals surface area contributed by atoms with Crippen LogP contribution in [0.2, 0.25) is 0 Å². The van der Waals surface area contributed by atoms with E-state index < -0.39 is 23.6 Å². The van der Waals surface area contributed by atoms with Crippen LogP contribution in [0.1, 0.15) is 24.5 Å². The van der Waals surface area contributed by atoms with Crippen LogP contribution in [0, 0.1) is 5.92 Å². The largest absolute Gasteiger partial charge is 0.481 e. The van der Waals surface area contributed by atoms with Crippen LogP contribution < -0.4 is 4.90 Å². The molecule has 20 heavy (non-hydrogen) atoms. The molecule has 1 aromatic carbocycles. The number of anilines is 1. The third-order valence-corrected chi connectivity index (χ3v) is 3.84. The number of aliphatic carboxylic acids is 1. The number of nitrogens with zero attached hydrogens (tertiary/aromatic N) is 1. The van der Waals surface area contributed by atoms with Crippen molar-refractivity contribution in [3.05, 3.63) is 29.3 Å². The van der Waals surface area contributed by atoms with Crippen molar-refractivity contribution in [2.75, 3.05) is 11.9 Å². The van der Waals surface area contributed by atoms with Gasteiger partial charge in [-0.25, -0.2) is 0 Å². The number of likely N-dealkylation sites (N-methyl/N-ethyl adjacent to an activating group) is 1. The number of alkyl halides is 3. The zero-order chi connectivity index (χ0) is 15.1. The predicted octanol–water partition coefficient (Wildman–Crippen LogP) is 3.18. The molecule has 0 fully saturated rings. The predicted molar refractivity (Wildman–Crippen MR) is 68.8 cm³/mol. The Bertz CT molecular complexity index is 528. The van der Waals surface area contributed by atoms with E-state index in [4.69, 9.17) is 5.11 Å². The zero-order valence-corrected chi connectivity index (χ0v) is 11.2. The number of hydrogen-bond acceptors (Lipinski definition) is 2. The summed E-state index contributed by atoms with van der Waals surface area (Å²) in [5.74, 6) is -1.40. The lowest BCUT2D eigenvalue weighted by molar-refractivity contribution is -0.141. The van der Waals surface area contributed by atoms with Gasteiger partial charge < -0.3 is 10.0 Å². The van der Waals surface area contributed by atoms with E-state index in [0.29, 0.717) is 18.5 Å². The van der Waals surface area contributed by atoms with Gasteiger partial charge in [0, 0.05) is 18.8 Å². The molecule has 0 saturated heterocycles. The summed E-state index contributed by atoms with van der Waals surface area (Å²) < 4.78 is 38.1. The molecule has 0 saturated carbocycles. The lowest BCUT2D eigenvalue weighted by Gasteiger charge is -2.24. The molecule has 2 unspecified atom stereocenters. The van der Waals surface area contributed by atoms with Crippen molar-refractivity contribution in [2.24, 2.45) is 5.92 Å². The smallest absolute Gasteiger partial charge is 0.416 e. The van der Waals surface area contributed by atoms with E-state index in [2.05, 4.69) is 0 Å². The Morgan fingerprint density at radius 1 is 1.50 bits per heavy atom. The van der Waals surface area contributed by atoms with Crippen molar-refractivity contribution >= 4 is 11.7 Å². The molecule has 0 amide bonds. The number of carbonyl (C=O) groups is 1. The van der Waals surface area contributed by atoms with Crippen molar-refractivity contribution in [3.8, 4) is 0 Å². The van der Waals surface area contributed by atoms with Gasteiger partial charge in [0.25, 0.3) is 0 Å². The lowest BCUT2D eigenvalue weighted by atomic mass is 9.99. The maximum absolute atomic E-state index is 12.7. The first-order valence-corrected chi connectivity index (χ1v) is 6.36. The summed E-state index contributed by atoms with van der Waals surface area (Å²) in [6.07, 6.45) is -3.36. The highest BCUT2D eigenvalue weighted by Gasteiger charge is 2.34. The van der Waals surface area contributed by atoms with Gasteiger partial charge in [-0.15, -0.1) is 0 Å². The third-order valence-electron chi connectivity index (χ3n) is 3.84. The Morgan fingerprint density at radius 3 is 2.70 bits per heavy atom. The van der Waals surface area contributed by atoms with Crippen molar-refractivity contribution in [1.29, 1.82) is 0 Å². The Kier molecular flexibility index (Phi) is 3.67. The van der Waals surface area contributed by atoms with Crippen LogP contribution in [-0.4, -0.2) is 24.2 Å². The number of fused-ring (bicyclic) bond motifs is 1. The Balaban J connectivity index is 2.21. The van der Waals surface area contributed by atoms with Gasteiger partial charge in [0.05, 0.1) is 11.5 Å². The highest BCUT2D eigenvalue weighted by atomic mass is 19.4. The maximum Gasteiger partial charge on any atom is 0.416 e. The average Bonchev–Trinajstić information content (AvgIpc) is 2.65. The van der Waals surface area contributed by atoms with Gasteiger partial charge in [-0.1, -0.05) is 13.0 Å². The molecular formula is C14H16F3NO2. The number of rotatable bonds is 3. The van der Waals surface area contributed by atoms with E-state index in [0.717, 1.165) is 17.7 Å². The molecule has 0 aliphatic carbocycles. The maximum atomic E-state index is 12.7. The first kappa shape index (κ1) is 14.7. The van der Waals surface area contributed by atoms with Gasteiger partial charge >= 0.3 is 12.1 Å². The summed E-state index contributed by atoms with van der Waals surface area (Å²) in [5, 5.41) is 8.93. The average molecular weight is 287 g/mol. The van der Waals surface area contributed by atoms with Crippen LogP contribution in [0.15, 0.2) is 18.2 Å². The standard InChI is InChI=1S/C14H16F3NO2/c1-8(13(19)20)5-11-6-9-3-4-10(14(15,16)17)7-12(9)18(11)2/h3-4,7-8,11H,5-6H2,1-2H3,(H,19,20). The summed E-state index contributed by atoms with van der Waals surface area (Å²) in [4.78, 5) is 12.6. The van der Waals surface area contributed by atoms with Gasteiger partial charge in [0.2, 0.25) is 0 Å². The van der Waals surface area contributed by atoms with Crippen LogP contribution in [0.3, 0.4) is 0 Å². The monoisotopic (exact) mass is 287 g/mol. The molecule has 2 atom stereocenters. The van der Waals surface area contributed by atoms with Crippen molar-refractivity contribution in [1.82, 2.24) is 0 Å². The minimum absolute atomic E-state index is 0.0698. The molecule has 0 bridgehead atoms. The van der Waals surface area contributed by atoms with E-state index in [1.54, 1.807) is 18.9 Å². The van der Waals surface area contributed by atoms with E-state index in [1.165, 1.54) is 6.07 Å². The van der Waals surface area contributed by atoms with Crippen molar-refractivity contribution in [3.63, 3.8) is 0 Å². The molecule has 3 nitrogen and oxygen atoms in total. The summed E-state index contributed by atoms with van der Waals surface area (Å²) in [5.41, 5.74) is 0.709. The van der Waals surface area contributed by atoms with E-state index in [9.17, 15) is 18.0 Å². The summed E-state index contributed by atoms with van der Waals surface area (Å²) >= 11 is 0. The first-order chi connectivity index (χ1) is 9.20. The summed E-state index contributed by atoms with van der Waals surface area (Å²) in [6, 6.07) is 3.64. The molecule has 1 aliphatic heterocycles. The highest BCUT2D eigenvalue weighted by molar-refractivity contribution is 5.70. The zero-order valence-electron chi connectivity index (χ0n) is 11.2. The van der Waals surface area contributed by atoms with Gasteiger partial charge in [0.1, 0.15) is 0 Å². The number of carboxylic acid groups (broad SMARTS) is 1. The van der Waals surface area contributed by atoms with E-state index in [1.807, 2.05) is 0 Å². The number of halogens is 3. The van der Waals surface area contributed by atoms with Crippen molar-refractivity contribution < 1.29 is 23.1 Å². The van der Waals surface area contributed by atoms with Gasteiger partial charge in [0.15, 0.2) is 0 Å². The molecular weight excluding hydrogens is 271 g/mol. The Morgan fingerprint density at radius 2 is 2.15 bits per heavy atom. The van der Waals surface area contributed by atoms with Gasteiger partial charge in [-0.2, -0.15) is 13.2 Å². The fourth-order valence-corrected chi connectivity index (χ4v) is 2.58. The fraction of sp³-hybridized carbons (Fsp3) is 0.500. The second-order valence-corrected chi connectivity index (χ2v) is 5.29. The third kappa shape index (κ3) is 2.73. The lowest BCUT2D eigenvalue weighted by Crippen LogP contribution is -2.31. The fourth-order valence-electron chi connectivity index (χ4n) is 2.58. The topological polar surface area (TPSA) is 40.5 Å². The molecule has 0 aromatic heterocycles. The number of hydrogen-bond donors (Lipinski definition) is 1. The summed E-state index contributed by atoms with van der Waals surface area (Å²) in [6.45, 7) is 1.61. The minimum atomic E-state index is -4.36. The molecule has 2 rings (SSSR count). The van der Waals surface area contributed by atoms with Crippen LogP contribution in [0.25, 0.3) is 0 Å². The first-order valence-electron chi connectivity index (χ1n) is 6.36. The Labute approximate surface area is 115 Å². The minimum Gasteiger partial charge on any atom is -0.481 e. The molecule has 1 aromatic rings. The van der Waals surface area contributed by atoms with Gasteiger partial charge in [-0.3, -0.25) is 4.79 Å². The number of carboxylic acids is 1. The quantitative estimate of drug-likeness (QED) is 0.928. The molecule has 0 radical (unpaired) electrons. The summed E-state index contributed by atoms with van der Waals surface area (Å²) in [7, 11) is 1.71. The van der Waals surface area contributed by atoms with Crippen LogP contribution in [0.5, 0.6) is 0 Å². The second-order valence-electron chi connectivity index (χ2n) is 5.29. The number of benzene rings is 1. The van der Waals surface area contributed by atoms with Crippen molar-refractivity contribution in [2.45, 2.75) is 32.0 Å². The van der Waals surface area contributed by atoms with Crippen LogP contribution in [0.4, 0.5) is 18.9 Å². The molecule has 0 spiro atoms. The van der Waals surface area contributed by atoms with E-state index in [-0.39, 0.29) is 6.04 Å². The molecule has 1 heterocycles.